The Hall–Kier alpha value is -5.09. The molecule has 2 heterocycles. The molecule has 0 atom stereocenters. The van der Waals surface area contributed by atoms with Crippen LogP contribution in [0.5, 0.6) is 0 Å². The lowest BCUT2D eigenvalue weighted by Gasteiger charge is -2.13. The Morgan fingerprint density at radius 1 is 0.486 bits per heavy atom. The molecule has 0 aliphatic heterocycles. The van der Waals surface area contributed by atoms with Gasteiger partial charge in [-0.2, -0.15) is 0 Å². The highest BCUT2D eigenvalue weighted by molar-refractivity contribution is 5.97. The second-order valence-corrected chi connectivity index (χ2v) is 9.07. The van der Waals surface area contributed by atoms with Crippen LogP contribution in [-0.4, -0.2) is 14.4 Å². The second kappa shape index (κ2) is 8.54. The average molecular weight is 476 g/mol. The Morgan fingerprint density at radius 2 is 1.03 bits per heavy atom. The Kier molecular flexibility index (Phi) is 4.90. The van der Waals surface area contributed by atoms with Crippen LogP contribution in [0.4, 0.5) is 0 Å². The van der Waals surface area contributed by atoms with Gasteiger partial charge in [0.2, 0.25) is 5.78 Å². The lowest BCUT2D eigenvalue weighted by atomic mass is 10.00. The van der Waals surface area contributed by atoms with Crippen LogP contribution < -0.4 is 5.56 Å². The van der Waals surface area contributed by atoms with Gasteiger partial charge >= 0.3 is 0 Å². The first-order valence-electron chi connectivity index (χ1n) is 12.2. The molecule has 0 saturated carbocycles. The zero-order valence-electron chi connectivity index (χ0n) is 19.9. The molecule has 0 radical (unpaired) electrons. The van der Waals surface area contributed by atoms with Gasteiger partial charge in [0.05, 0.1) is 22.1 Å². The first-order valence-corrected chi connectivity index (χ1v) is 12.2. The Morgan fingerprint density at radius 3 is 1.65 bits per heavy atom. The van der Waals surface area contributed by atoms with Crippen molar-refractivity contribution < 1.29 is 0 Å². The molecule has 2 aromatic heterocycles. The fourth-order valence-electron chi connectivity index (χ4n) is 4.98. The minimum Gasteiger partial charge on any atom is -0.268 e. The number of nitrogens with zero attached hydrogens (tertiary/aromatic N) is 3. The van der Waals surface area contributed by atoms with Gasteiger partial charge in [-0.3, -0.25) is 4.79 Å². The molecule has 0 spiro atoms. The molecule has 4 heteroatoms. The number of hydrogen-bond acceptors (Lipinski definition) is 3. The Bertz CT molecular complexity index is 1980. The summed E-state index contributed by atoms with van der Waals surface area (Å²) in [6.07, 6.45) is 0. The van der Waals surface area contributed by atoms with Crippen molar-refractivity contribution in [1.82, 2.24) is 14.4 Å². The molecular weight excluding hydrogens is 454 g/mol. The van der Waals surface area contributed by atoms with E-state index in [2.05, 4.69) is 24.3 Å². The topological polar surface area (TPSA) is 47.3 Å². The normalized spacial score (nSPS) is 11.4. The van der Waals surface area contributed by atoms with E-state index in [0.29, 0.717) is 16.7 Å². The summed E-state index contributed by atoms with van der Waals surface area (Å²) in [5.74, 6) is 0.392. The molecule has 5 aromatic carbocycles. The highest BCUT2D eigenvalue weighted by atomic mass is 16.1. The van der Waals surface area contributed by atoms with E-state index in [4.69, 9.17) is 9.97 Å². The fourth-order valence-corrected chi connectivity index (χ4v) is 4.98. The van der Waals surface area contributed by atoms with Gasteiger partial charge in [0.25, 0.3) is 5.56 Å². The highest BCUT2D eigenvalue weighted by Crippen LogP contribution is 2.32. The number of fused-ring (bicyclic) bond motifs is 4. The van der Waals surface area contributed by atoms with Gasteiger partial charge in [-0.25, -0.2) is 14.4 Å². The standard InChI is InChI=1S/C33H21N3O/c37-32-27-20-25(22-10-4-1-5-11-22)16-18-29(27)34-33-35-31(24-14-8-3-9-15-24)28-21-26(17-19-30(28)36(32)33)23-12-6-2-7-13-23/h1-21H. The van der Waals surface area contributed by atoms with Gasteiger partial charge in [0.15, 0.2) is 0 Å². The Balaban J connectivity index is 1.56. The lowest BCUT2D eigenvalue weighted by Crippen LogP contribution is -2.17. The minimum atomic E-state index is -0.123. The average Bonchev–Trinajstić information content (AvgIpc) is 2.97. The summed E-state index contributed by atoms with van der Waals surface area (Å²) in [6.45, 7) is 0. The van der Waals surface area contributed by atoms with Gasteiger partial charge < -0.3 is 0 Å². The third-order valence-corrected chi connectivity index (χ3v) is 6.82. The largest absolute Gasteiger partial charge is 0.268 e. The third kappa shape index (κ3) is 3.58. The van der Waals surface area contributed by atoms with Gasteiger partial charge in [-0.1, -0.05) is 103 Å². The van der Waals surface area contributed by atoms with Crippen molar-refractivity contribution in [2.45, 2.75) is 0 Å². The van der Waals surface area contributed by atoms with Crippen LogP contribution in [0.3, 0.4) is 0 Å². The van der Waals surface area contributed by atoms with Crippen LogP contribution in [0, 0.1) is 0 Å². The van der Waals surface area contributed by atoms with E-state index in [1.807, 2.05) is 103 Å². The first-order chi connectivity index (χ1) is 18.3. The van der Waals surface area contributed by atoms with Crippen LogP contribution in [0.2, 0.25) is 0 Å². The molecule has 7 rings (SSSR count). The van der Waals surface area contributed by atoms with E-state index in [1.165, 1.54) is 0 Å². The van der Waals surface area contributed by atoms with E-state index in [-0.39, 0.29) is 5.56 Å². The van der Waals surface area contributed by atoms with Gasteiger partial charge in [0, 0.05) is 10.9 Å². The number of aromatic nitrogens is 3. The summed E-state index contributed by atoms with van der Waals surface area (Å²) in [5, 5.41) is 1.48. The van der Waals surface area contributed by atoms with Crippen molar-refractivity contribution in [3.05, 3.63) is 138 Å². The predicted molar refractivity (Wildman–Crippen MR) is 151 cm³/mol. The minimum absolute atomic E-state index is 0.123. The molecule has 0 amide bonds. The van der Waals surface area contributed by atoms with Crippen LogP contribution in [0.15, 0.2) is 132 Å². The lowest BCUT2D eigenvalue weighted by molar-refractivity contribution is 1.07. The monoisotopic (exact) mass is 475 g/mol. The van der Waals surface area contributed by atoms with Gasteiger partial charge in [0.1, 0.15) is 0 Å². The van der Waals surface area contributed by atoms with Crippen molar-refractivity contribution in [3.8, 4) is 33.5 Å². The summed E-state index contributed by atoms with van der Waals surface area (Å²) in [5.41, 5.74) is 7.31. The molecule has 0 fully saturated rings. The maximum atomic E-state index is 14.0. The molecule has 4 nitrogen and oxygen atoms in total. The zero-order chi connectivity index (χ0) is 24.8. The van der Waals surface area contributed by atoms with Crippen molar-refractivity contribution in [2.75, 3.05) is 0 Å². The van der Waals surface area contributed by atoms with E-state index in [0.717, 1.165) is 44.4 Å². The van der Waals surface area contributed by atoms with Crippen LogP contribution in [0.1, 0.15) is 0 Å². The van der Waals surface area contributed by atoms with Crippen molar-refractivity contribution in [2.24, 2.45) is 0 Å². The summed E-state index contributed by atoms with van der Waals surface area (Å²) in [4.78, 5) is 23.8. The summed E-state index contributed by atoms with van der Waals surface area (Å²) in [6, 6.07) is 42.4. The third-order valence-electron chi connectivity index (χ3n) is 6.82. The molecule has 174 valence electrons. The maximum absolute atomic E-state index is 14.0. The second-order valence-electron chi connectivity index (χ2n) is 9.07. The molecule has 0 aliphatic carbocycles. The molecule has 0 saturated heterocycles. The van der Waals surface area contributed by atoms with E-state index < -0.39 is 0 Å². The smallest absolute Gasteiger partial charge is 0.267 e. The quantitative estimate of drug-likeness (QED) is 0.198. The van der Waals surface area contributed by atoms with Crippen LogP contribution in [0.25, 0.3) is 61.1 Å². The molecular formula is C33H21N3O. The van der Waals surface area contributed by atoms with Crippen LogP contribution >= 0.6 is 0 Å². The molecule has 0 bridgehead atoms. The van der Waals surface area contributed by atoms with Crippen molar-refractivity contribution >= 4 is 27.6 Å². The summed E-state index contributed by atoms with van der Waals surface area (Å²) >= 11 is 0. The van der Waals surface area contributed by atoms with Crippen LogP contribution in [-0.2, 0) is 0 Å². The summed E-state index contributed by atoms with van der Waals surface area (Å²) in [7, 11) is 0. The van der Waals surface area contributed by atoms with Gasteiger partial charge in [-0.15, -0.1) is 0 Å². The molecule has 7 aromatic rings. The maximum Gasteiger partial charge on any atom is 0.267 e. The number of rotatable bonds is 3. The SMILES string of the molecule is O=c1c2cc(-c3ccccc3)ccc2nc2nc(-c3ccccc3)c3cc(-c4ccccc4)ccc3n12. The highest BCUT2D eigenvalue weighted by Gasteiger charge is 2.16. The van der Waals surface area contributed by atoms with E-state index in [9.17, 15) is 4.79 Å². The first kappa shape index (κ1) is 21.2. The fraction of sp³-hybridized carbons (Fsp3) is 0. The number of hydrogen-bond donors (Lipinski definition) is 0. The van der Waals surface area contributed by atoms with Crippen molar-refractivity contribution in [3.63, 3.8) is 0 Å². The predicted octanol–water partition coefficient (Wildman–Crippen LogP) is 7.40. The Labute approximate surface area is 213 Å². The molecule has 0 unspecified atom stereocenters. The molecule has 0 aliphatic rings. The molecule has 37 heavy (non-hydrogen) atoms. The summed E-state index contributed by atoms with van der Waals surface area (Å²) < 4.78 is 1.65. The number of benzene rings is 5. The molecule has 0 N–H and O–H groups in total. The van der Waals surface area contributed by atoms with Gasteiger partial charge in [-0.05, 0) is 46.5 Å². The van der Waals surface area contributed by atoms with E-state index >= 15 is 0 Å². The zero-order valence-corrected chi connectivity index (χ0v) is 19.9. The van der Waals surface area contributed by atoms with E-state index in [1.54, 1.807) is 4.40 Å². The van der Waals surface area contributed by atoms with Crippen molar-refractivity contribution in [1.29, 1.82) is 0 Å².